The summed E-state index contributed by atoms with van der Waals surface area (Å²) in [5, 5.41) is 8.84. The second kappa shape index (κ2) is 5.51. The van der Waals surface area contributed by atoms with Crippen LogP contribution in [0.3, 0.4) is 0 Å². The van der Waals surface area contributed by atoms with Crippen molar-refractivity contribution in [1.82, 2.24) is 0 Å². The summed E-state index contributed by atoms with van der Waals surface area (Å²) in [6, 6.07) is 5.10. The van der Waals surface area contributed by atoms with Crippen LogP contribution in [0.15, 0.2) is 18.2 Å². The van der Waals surface area contributed by atoms with E-state index in [-0.39, 0.29) is 17.9 Å². The molecule has 0 atom stereocenters. The predicted molar refractivity (Wildman–Crippen MR) is 65.9 cm³/mol. The van der Waals surface area contributed by atoms with E-state index in [1.807, 2.05) is 6.92 Å². The van der Waals surface area contributed by atoms with Crippen LogP contribution >= 0.6 is 11.6 Å². The fraction of sp³-hybridized carbons (Fsp3) is 0.364. The van der Waals surface area contributed by atoms with Crippen LogP contribution in [0.1, 0.15) is 17.5 Å². The van der Waals surface area contributed by atoms with Gasteiger partial charge < -0.3 is 5.11 Å². The lowest BCUT2D eigenvalue weighted by Gasteiger charge is -2.06. The van der Waals surface area contributed by atoms with Gasteiger partial charge >= 0.3 is 5.97 Å². The number of halogens is 1. The first-order chi connectivity index (χ1) is 7.80. The first kappa shape index (κ1) is 14.0. The molecule has 0 saturated heterocycles. The number of hydrogen-bond acceptors (Lipinski definition) is 3. The zero-order chi connectivity index (χ0) is 13.1. The molecule has 0 amide bonds. The van der Waals surface area contributed by atoms with E-state index < -0.39 is 15.8 Å². The van der Waals surface area contributed by atoms with Gasteiger partial charge in [-0.1, -0.05) is 23.7 Å². The zero-order valence-electron chi connectivity index (χ0n) is 9.31. The van der Waals surface area contributed by atoms with E-state index in [1.54, 1.807) is 18.2 Å². The summed E-state index contributed by atoms with van der Waals surface area (Å²) in [5.41, 5.74) is 1.45. The van der Waals surface area contributed by atoms with E-state index in [1.165, 1.54) is 0 Å². The Kier molecular flexibility index (Phi) is 4.54. The van der Waals surface area contributed by atoms with Crippen molar-refractivity contribution in [2.24, 2.45) is 0 Å². The highest BCUT2D eigenvalue weighted by atomic mass is 35.5. The van der Waals surface area contributed by atoms with Gasteiger partial charge in [0.2, 0.25) is 0 Å². The van der Waals surface area contributed by atoms with Crippen LogP contribution in [-0.2, 0) is 20.4 Å². The molecule has 1 aromatic carbocycles. The van der Waals surface area contributed by atoms with Gasteiger partial charge in [0.15, 0.2) is 9.84 Å². The lowest BCUT2D eigenvalue weighted by atomic mass is 10.2. The van der Waals surface area contributed by atoms with Crippen molar-refractivity contribution in [3.8, 4) is 0 Å². The molecule has 0 aromatic heterocycles. The van der Waals surface area contributed by atoms with Crippen molar-refractivity contribution in [1.29, 1.82) is 0 Å². The van der Waals surface area contributed by atoms with Crippen LogP contribution in [0.4, 0.5) is 0 Å². The van der Waals surface area contributed by atoms with Crippen LogP contribution in [0.2, 0.25) is 5.02 Å². The Morgan fingerprint density at radius 3 is 2.59 bits per heavy atom. The highest BCUT2D eigenvalue weighted by Gasteiger charge is 2.15. The molecule has 0 heterocycles. The fourth-order valence-electron chi connectivity index (χ4n) is 1.32. The minimum atomic E-state index is -3.43. The Balaban J connectivity index is 2.79. The molecular formula is C11H13ClO4S. The number of carboxylic acid groups (broad SMARTS) is 1. The van der Waals surface area contributed by atoms with Gasteiger partial charge in [-0.15, -0.1) is 0 Å². The SMILES string of the molecule is Cc1ccc(CS(=O)(=O)CCC(=O)O)c(Cl)c1. The monoisotopic (exact) mass is 276 g/mol. The number of carboxylic acids is 1. The van der Waals surface area contributed by atoms with E-state index >= 15 is 0 Å². The first-order valence-corrected chi connectivity index (χ1v) is 7.17. The van der Waals surface area contributed by atoms with E-state index in [0.29, 0.717) is 10.6 Å². The van der Waals surface area contributed by atoms with Crippen molar-refractivity contribution in [3.05, 3.63) is 34.3 Å². The molecule has 0 fully saturated rings. The lowest BCUT2D eigenvalue weighted by Crippen LogP contribution is -2.13. The van der Waals surface area contributed by atoms with Crippen LogP contribution in [0.25, 0.3) is 0 Å². The molecule has 0 saturated carbocycles. The molecule has 0 radical (unpaired) electrons. The molecule has 0 aliphatic rings. The molecule has 6 heteroatoms. The van der Waals surface area contributed by atoms with Gasteiger partial charge in [0.05, 0.1) is 17.9 Å². The standard InChI is InChI=1S/C11H13ClO4S/c1-8-2-3-9(10(12)6-8)7-17(15,16)5-4-11(13)14/h2-3,6H,4-5,7H2,1H3,(H,13,14). The third-order valence-electron chi connectivity index (χ3n) is 2.21. The highest BCUT2D eigenvalue weighted by Crippen LogP contribution is 2.20. The molecule has 17 heavy (non-hydrogen) atoms. The molecule has 0 bridgehead atoms. The van der Waals surface area contributed by atoms with E-state index in [2.05, 4.69) is 0 Å². The fourth-order valence-corrected chi connectivity index (χ4v) is 3.06. The van der Waals surface area contributed by atoms with Crippen LogP contribution in [0.5, 0.6) is 0 Å². The molecule has 0 aliphatic carbocycles. The molecule has 4 nitrogen and oxygen atoms in total. The molecule has 1 N–H and O–H groups in total. The van der Waals surface area contributed by atoms with Crippen molar-refractivity contribution < 1.29 is 18.3 Å². The minimum absolute atomic E-state index is 0.223. The highest BCUT2D eigenvalue weighted by molar-refractivity contribution is 7.90. The summed E-state index contributed by atoms with van der Waals surface area (Å²) in [7, 11) is -3.43. The Labute approximate surface area is 105 Å². The smallest absolute Gasteiger partial charge is 0.304 e. The topological polar surface area (TPSA) is 71.4 Å². The maximum atomic E-state index is 11.6. The number of hydrogen-bond donors (Lipinski definition) is 1. The number of aliphatic carboxylic acids is 1. The van der Waals surface area contributed by atoms with E-state index in [0.717, 1.165) is 5.56 Å². The van der Waals surface area contributed by atoms with Gasteiger partial charge in [0, 0.05) is 5.02 Å². The van der Waals surface area contributed by atoms with Crippen molar-refractivity contribution in [2.75, 3.05) is 5.75 Å². The third kappa shape index (κ3) is 4.75. The normalized spacial score (nSPS) is 11.4. The Hall–Kier alpha value is -1.07. The van der Waals surface area contributed by atoms with Gasteiger partial charge in [-0.25, -0.2) is 8.42 Å². The van der Waals surface area contributed by atoms with Crippen molar-refractivity contribution in [2.45, 2.75) is 19.1 Å². The van der Waals surface area contributed by atoms with Crippen molar-refractivity contribution in [3.63, 3.8) is 0 Å². The van der Waals surface area contributed by atoms with Crippen LogP contribution in [-0.4, -0.2) is 25.2 Å². The van der Waals surface area contributed by atoms with E-state index in [4.69, 9.17) is 16.7 Å². The molecule has 1 aromatic rings. The summed E-state index contributed by atoms with van der Waals surface area (Å²) in [6.07, 6.45) is -0.383. The number of benzene rings is 1. The Morgan fingerprint density at radius 2 is 2.06 bits per heavy atom. The summed E-state index contributed by atoms with van der Waals surface area (Å²) in [4.78, 5) is 10.3. The summed E-state index contributed by atoms with van der Waals surface area (Å²) in [5.74, 6) is -1.71. The minimum Gasteiger partial charge on any atom is -0.481 e. The second-order valence-electron chi connectivity index (χ2n) is 3.83. The van der Waals surface area contributed by atoms with Gasteiger partial charge in [-0.3, -0.25) is 4.79 Å². The van der Waals surface area contributed by atoms with E-state index in [9.17, 15) is 13.2 Å². The van der Waals surface area contributed by atoms with Crippen LogP contribution in [0, 0.1) is 6.92 Å². The third-order valence-corrected chi connectivity index (χ3v) is 4.14. The molecule has 1 rings (SSSR count). The number of carbonyl (C=O) groups is 1. The predicted octanol–water partition coefficient (Wildman–Crippen LogP) is 2.04. The van der Waals surface area contributed by atoms with Crippen LogP contribution < -0.4 is 0 Å². The lowest BCUT2D eigenvalue weighted by molar-refractivity contribution is -0.136. The summed E-state index contributed by atoms with van der Waals surface area (Å²) in [6.45, 7) is 1.86. The number of aryl methyl sites for hydroxylation is 1. The maximum Gasteiger partial charge on any atom is 0.304 e. The molecule has 0 spiro atoms. The average molecular weight is 277 g/mol. The molecule has 0 aliphatic heterocycles. The first-order valence-electron chi connectivity index (χ1n) is 4.97. The molecular weight excluding hydrogens is 264 g/mol. The number of rotatable bonds is 5. The second-order valence-corrected chi connectivity index (χ2v) is 6.42. The Bertz CT molecular complexity index is 522. The summed E-state index contributed by atoms with van der Waals surface area (Å²) < 4.78 is 23.2. The number of sulfone groups is 1. The maximum absolute atomic E-state index is 11.6. The van der Waals surface area contributed by atoms with Gasteiger partial charge in [0.25, 0.3) is 0 Å². The molecule has 94 valence electrons. The van der Waals surface area contributed by atoms with Gasteiger partial charge in [0.1, 0.15) is 0 Å². The zero-order valence-corrected chi connectivity index (χ0v) is 10.9. The quantitative estimate of drug-likeness (QED) is 0.893. The summed E-state index contributed by atoms with van der Waals surface area (Å²) >= 11 is 5.92. The Morgan fingerprint density at radius 1 is 1.41 bits per heavy atom. The van der Waals surface area contributed by atoms with Gasteiger partial charge in [-0.2, -0.15) is 0 Å². The van der Waals surface area contributed by atoms with Gasteiger partial charge in [-0.05, 0) is 24.1 Å². The molecule has 0 unspecified atom stereocenters. The largest absolute Gasteiger partial charge is 0.481 e. The average Bonchev–Trinajstić information content (AvgIpc) is 2.20. The van der Waals surface area contributed by atoms with Crippen molar-refractivity contribution >= 4 is 27.4 Å².